The lowest BCUT2D eigenvalue weighted by Crippen LogP contribution is -2.43. The average Bonchev–Trinajstić information content (AvgIpc) is 2.30. The predicted octanol–water partition coefficient (Wildman–Crippen LogP) is 0.570. The molecule has 0 aliphatic carbocycles. The van der Waals surface area contributed by atoms with E-state index in [0.717, 1.165) is 0 Å². The Balaban J connectivity index is 2.51. The lowest BCUT2D eigenvalue weighted by atomic mass is 10.2. The number of primary amides is 1. The zero-order valence-electron chi connectivity index (χ0n) is 10.3. The van der Waals surface area contributed by atoms with Crippen molar-refractivity contribution in [3.05, 3.63) is 30.1 Å². The van der Waals surface area contributed by atoms with Crippen LogP contribution < -0.4 is 11.1 Å². The van der Waals surface area contributed by atoms with E-state index in [-0.39, 0.29) is 18.3 Å². The normalized spacial score (nSPS) is 12.2. The molecule has 6 heteroatoms. The summed E-state index contributed by atoms with van der Waals surface area (Å²) in [4.78, 5) is 24.1. The number of carbonyl (C=O) groups excluding carboxylic acids is 2. The van der Waals surface area contributed by atoms with Crippen LogP contribution in [0.4, 0.5) is 10.1 Å². The van der Waals surface area contributed by atoms with Gasteiger partial charge in [0.15, 0.2) is 0 Å². The Bertz CT molecular complexity index is 433. The molecule has 0 fully saturated rings. The third-order valence-electron chi connectivity index (χ3n) is 2.59. The summed E-state index contributed by atoms with van der Waals surface area (Å²) < 4.78 is 12.7. The van der Waals surface area contributed by atoms with Crippen LogP contribution in [-0.2, 0) is 9.59 Å². The topological polar surface area (TPSA) is 75.4 Å². The summed E-state index contributed by atoms with van der Waals surface area (Å²) in [6.07, 6.45) is 0. The van der Waals surface area contributed by atoms with Crippen LogP contribution in [-0.4, -0.2) is 36.3 Å². The van der Waals surface area contributed by atoms with Gasteiger partial charge >= 0.3 is 0 Å². The number of likely N-dealkylation sites (N-methyl/N-ethyl adjacent to an activating group) is 1. The maximum absolute atomic E-state index is 12.7. The summed E-state index contributed by atoms with van der Waals surface area (Å²) in [6.45, 7) is 1.65. The quantitative estimate of drug-likeness (QED) is 0.805. The molecule has 0 aliphatic heterocycles. The van der Waals surface area contributed by atoms with Crippen molar-refractivity contribution in [3.63, 3.8) is 0 Å². The van der Waals surface area contributed by atoms with Gasteiger partial charge in [0, 0.05) is 5.69 Å². The Hall–Kier alpha value is -1.95. The Kier molecular flexibility index (Phi) is 4.79. The number of amides is 2. The highest BCUT2D eigenvalue weighted by molar-refractivity contribution is 5.92. The zero-order chi connectivity index (χ0) is 13.7. The Labute approximate surface area is 105 Å². The SMILES string of the molecule is C[C@H](C(N)=O)N(C)CC(=O)Nc1ccc(F)cc1. The summed E-state index contributed by atoms with van der Waals surface area (Å²) in [7, 11) is 1.62. The van der Waals surface area contributed by atoms with Gasteiger partial charge in [-0.3, -0.25) is 14.5 Å². The summed E-state index contributed by atoms with van der Waals surface area (Å²) >= 11 is 0. The molecule has 1 aromatic rings. The van der Waals surface area contributed by atoms with Crippen LogP contribution in [0.1, 0.15) is 6.92 Å². The third-order valence-corrected chi connectivity index (χ3v) is 2.59. The summed E-state index contributed by atoms with van der Waals surface area (Å²) in [5, 5.41) is 2.59. The Morgan fingerprint density at radius 3 is 2.44 bits per heavy atom. The molecule has 0 saturated heterocycles. The van der Waals surface area contributed by atoms with Crippen LogP contribution >= 0.6 is 0 Å². The van der Waals surface area contributed by atoms with E-state index in [1.807, 2.05) is 0 Å². The summed E-state index contributed by atoms with van der Waals surface area (Å²) in [5.74, 6) is -1.16. The molecular formula is C12H16FN3O2. The number of rotatable bonds is 5. The van der Waals surface area contributed by atoms with E-state index in [9.17, 15) is 14.0 Å². The molecule has 0 bridgehead atoms. The summed E-state index contributed by atoms with van der Waals surface area (Å²) in [5.41, 5.74) is 5.63. The van der Waals surface area contributed by atoms with Gasteiger partial charge in [-0.1, -0.05) is 0 Å². The first-order valence-corrected chi connectivity index (χ1v) is 5.45. The van der Waals surface area contributed by atoms with Gasteiger partial charge in [-0.05, 0) is 38.2 Å². The van der Waals surface area contributed by atoms with Crippen molar-refractivity contribution < 1.29 is 14.0 Å². The van der Waals surface area contributed by atoms with Crippen molar-refractivity contribution in [3.8, 4) is 0 Å². The molecule has 0 unspecified atom stereocenters. The minimum Gasteiger partial charge on any atom is -0.368 e. The van der Waals surface area contributed by atoms with E-state index in [1.165, 1.54) is 29.2 Å². The van der Waals surface area contributed by atoms with Gasteiger partial charge in [0.1, 0.15) is 5.82 Å². The van der Waals surface area contributed by atoms with Gasteiger partial charge in [0.25, 0.3) is 0 Å². The van der Waals surface area contributed by atoms with Gasteiger partial charge in [-0.2, -0.15) is 0 Å². The minimum atomic E-state index is -0.524. The molecule has 2 amide bonds. The highest BCUT2D eigenvalue weighted by Gasteiger charge is 2.17. The maximum atomic E-state index is 12.7. The van der Waals surface area contributed by atoms with Gasteiger partial charge in [0.05, 0.1) is 12.6 Å². The van der Waals surface area contributed by atoms with Crippen LogP contribution in [0.3, 0.4) is 0 Å². The largest absolute Gasteiger partial charge is 0.368 e. The number of nitrogens with one attached hydrogen (secondary N) is 1. The van der Waals surface area contributed by atoms with E-state index in [1.54, 1.807) is 14.0 Å². The molecule has 1 atom stereocenters. The van der Waals surface area contributed by atoms with Crippen LogP contribution in [0, 0.1) is 5.82 Å². The summed E-state index contributed by atoms with van der Waals surface area (Å²) in [6, 6.07) is 4.91. The van der Waals surface area contributed by atoms with E-state index < -0.39 is 11.9 Å². The molecule has 0 aromatic heterocycles. The standard InChI is InChI=1S/C12H16FN3O2/c1-8(12(14)18)16(2)7-11(17)15-10-5-3-9(13)4-6-10/h3-6,8H,7H2,1-2H3,(H2,14,18)(H,15,17)/t8-/m1/s1. The molecule has 5 nitrogen and oxygen atoms in total. The highest BCUT2D eigenvalue weighted by Crippen LogP contribution is 2.08. The molecule has 98 valence electrons. The van der Waals surface area contributed by atoms with E-state index in [2.05, 4.69) is 5.32 Å². The smallest absolute Gasteiger partial charge is 0.238 e. The van der Waals surface area contributed by atoms with Crippen molar-refractivity contribution in [2.24, 2.45) is 5.73 Å². The first kappa shape index (κ1) is 14.1. The van der Waals surface area contributed by atoms with Crippen LogP contribution in [0.2, 0.25) is 0 Å². The third kappa shape index (κ3) is 4.14. The number of hydrogen-bond acceptors (Lipinski definition) is 3. The molecule has 3 N–H and O–H groups in total. The number of halogens is 1. The van der Waals surface area contributed by atoms with E-state index in [4.69, 9.17) is 5.73 Å². The molecule has 18 heavy (non-hydrogen) atoms. The lowest BCUT2D eigenvalue weighted by Gasteiger charge is -2.21. The van der Waals surface area contributed by atoms with E-state index in [0.29, 0.717) is 5.69 Å². The Morgan fingerprint density at radius 2 is 1.94 bits per heavy atom. The van der Waals surface area contributed by atoms with Gasteiger partial charge in [-0.15, -0.1) is 0 Å². The molecule has 0 saturated carbocycles. The molecule has 0 spiro atoms. The fraction of sp³-hybridized carbons (Fsp3) is 0.333. The number of hydrogen-bond donors (Lipinski definition) is 2. The molecule has 0 aliphatic rings. The van der Waals surface area contributed by atoms with Crippen molar-refractivity contribution in [1.29, 1.82) is 0 Å². The first-order valence-electron chi connectivity index (χ1n) is 5.45. The highest BCUT2D eigenvalue weighted by atomic mass is 19.1. The van der Waals surface area contributed by atoms with Crippen molar-refractivity contribution in [1.82, 2.24) is 4.90 Å². The second-order valence-electron chi connectivity index (χ2n) is 4.05. The van der Waals surface area contributed by atoms with Crippen LogP contribution in [0.5, 0.6) is 0 Å². The van der Waals surface area contributed by atoms with Gasteiger partial charge in [-0.25, -0.2) is 4.39 Å². The molecule has 1 aromatic carbocycles. The van der Waals surface area contributed by atoms with Crippen molar-refractivity contribution in [2.45, 2.75) is 13.0 Å². The van der Waals surface area contributed by atoms with E-state index >= 15 is 0 Å². The fourth-order valence-electron chi connectivity index (χ4n) is 1.31. The van der Waals surface area contributed by atoms with Crippen LogP contribution in [0.15, 0.2) is 24.3 Å². The predicted molar refractivity (Wildman–Crippen MR) is 66.3 cm³/mol. The van der Waals surface area contributed by atoms with Crippen molar-refractivity contribution >= 4 is 17.5 Å². The lowest BCUT2D eigenvalue weighted by molar-refractivity contribution is -0.123. The van der Waals surface area contributed by atoms with Crippen LogP contribution in [0.25, 0.3) is 0 Å². The number of carbonyl (C=O) groups is 2. The molecule has 1 rings (SSSR count). The fourth-order valence-corrected chi connectivity index (χ4v) is 1.31. The number of nitrogens with two attached hydrogens (primary N) is 1. The van der Waals surface area contributed by atoms with Crippen molar-refractivity contribution in [2.75, 3.05) is 18.9 Å². The zero-order valence-corrected chi connectivity index (χ0v) is 10.3. The Morgan fingerprint density at radius 1 is 1.39 bits per heavy atom. The average molecular weight is 253 g/mol. The number of benzene rings is 1. The maximum Gasteiger partial charge on any atom is 0.238 e. The number of nitrogens with zero attached hydrogens (tertiary/aromatic N) is 1. The molecule has 0 heterocycles. The molecular weight excluding hydrogens is 237 g/mol. The first-order chi connectivity index (χ1) is 8.40. The monoisotopic (exact) mass is 253 g/mol. The van der Waals surface area contributed by atoms with Gasteiger partial charge in [0.2, 0.25) is 11.8 Å². The molecule has 0 radical (unpaired) electrons. The minimum absolute atomic E-state index is 0.0292. The second-order valence-corrected chi connectivity index (χ2v) is 4.05. The number of anilines is 1. The second kappa shape index (κ2) is 6.11. The van der Waals surface area contributed by atoms with Gasteiger partial charge < -0.3 is 11.1 Å².